The van der Waals surface area contributed by atoms with E-state index in [2.05, 4.69) is 15.4 Å². The van der Waals surface area contributed by atoms with Gasteiger partial charge >= 0.3 is 0 Å². The maximum Gasteiger partial charge on any atom is 0.279 e. The fourth-order valence-corrected chi connectivity index (χ4v) is 4.32. The smallest absolute Gasteiger partial charge is 0.279 e. The lowest BCUT2D eigenvalue weighted by molar-refractivity contribution is -0.116. The molecule has 0 radical (unpaired) electrons. The predicted octanol–water partition coefficient (Wildman–Crippen LogP) is 4.61. The Hall–Kier alpha value is -4.26. The van der Waals surface area contributed by atoms with Crippen molar-refractivity contribution in [2.45, 2.75) is 33.2 Å². The third-order valence-electron chi connectivity index (χ3n) is 6.11. The van der Waals surface area contributed by atoms with Crippen LogP contribution in [0.3, 0.4) is 0 Å². The lowest BCUT2D eigenvalue weighted by Gasteiger charge is -2.13. The van der Waals surface area contributed by atoms with Gasteiger partial charge in [-0.25, -0.2) is 0 Å². The van der Waals surface area contributed by atoms with Crippen LogP contribution in [-0.2, 0) is 17.8 Å². The van der Waals surface area contributed by atoms with Gasteiger partial charge in [0.15, 0.2) is 5.82 Å². The van der Waals surface area contributed by atoms with Crippen LogP contribution in [0, 0.1) is 6.92 Å². The van der Waals surface area contributed by atoms with Gasteiger partial charge in [-0.2, -0.15) is 9.50 Å². The molecule has 170 valence electrons. The lowest BCUT2D eigenvalue weighted by atomic mass is 10.1. The molecule has 0 aliphatic rings. The molecule has 0 fully saturated rings. The van der Waals surface area contributed by atoms with Crippen molar-refractivity contribution in [1.29, 1.82) is 0 Å². The predicted molar refractivity (Wildman–Crippen MR) is 134 cm³/mol. The first-order chi connectivity index (χ1) is 16.5. The second kappa shape index (κ2) is 8.94. The maximum absolute atomic E-state index is 13.3. The molecule has 1 amide bonds. The van der Waals surface area contributed by atoms with Crippen LogP contribution < -0.4 is 10.9 Å². The summed E-state index contributed by atoms with van der Waals surface area (Å²) >= 11 is 0. The van der Waals surface area contributed by atoms with Gasteiger partial charge in [0, 0.05) is 35.5 Å². The minimum Gasteiger partial charge on any atom is -0.326 e. The zero-order valence-corrected chi connectivity index (χ0v) is 19.2. The monoisotopic (exact) mass is 451 g/mol. The van der Waals surface area contributed by atoms with Crippen molar-refractivity contribution in [2.75, 3.05) is 5.32 Å². The summed E-state index contributed by atoms with van der Waals surface area (Å²) in [7, 11) is 0. The van der Waals surface area contributed by atoms with Gasteiger partial charge in [0.25, 0.3) is 5.56 Å². The summed E-state index contributed by atoms with van der Waals surface area (Å²) in [5.41, 5.74) is 2.75. The van der Waals surface area contributed by atoms with E-state index in [-0.39, 0.29) is 17.9 Å². The summed E-state index contributed by atoms with van der Waals surface area (Å²) in [6.45, 7) is 4.54. The van der Waals surface area contributed by atoms with E-state index in [1.165, 1.54) is 4.52 Å². The average Bonchev–Trinajstić information content (AvgIpc) is 3.30. The van der Waals surface area contributed by atoms with Crippen molar-refractivity contribution >= 4 is 28.1 Å². The molecule has 0 saturated carbocycles. The summed E-state index contributed by atoms with van der Waals surface area (Å²) in [5, 5.41) is 9.62. The van der Waals surface area contributed by atoms with E-state index in [0.29, 0.717) is 30.1 Å². The topological polar surface area (TPSA) is 81.3 Å². The second-order valence-corrected chi connectivity index (χ2v) is 8.24. The van der Waals surface area contributed by atoms with E-state index in [1.54, 1.807) is 0 Å². The molecule has 0 atom stereocenters. The molecule has 0 aliphatic heterocycles. The molecule has 2 heterocycles. The van der Waals surface area contributed by atoms with E-state index in [9.17, 15) is 9.59 Å². The highest BCUT2D eigenvalue weighted by Crippen LogP contribution is 2.20. The summed E-state index contributed by atoms with van der Waals surface area (Å²) < 4.78 is 3.33. The van der Waals surface area contributed by atoms with Crippen LogP contribution in [0.4, 0.5) is 5.69 Å². The molecule has 0 saturated heterocycles. The Morgan fingerprint density at radius 3 is 2.47 bits per heavy atom. The Labute approximate surface area is 196 Å². The minimum atomic E-state index is -0.231. The first-order valence-corrected chi connectivity index (χ1v) is 11.4. The van der Waals surface area contributed by atoms with Crippen LogP contribution in [0.25, 0.3) is 27.9 Å². The van der Waals surface area contributed by atoms with Crippen molar-refractivity contribution in [2.24, 2.45) is 0 Å². The number of benzene rings is 3. The summed E-state index contributed by atoms with van der Waals surface area (Å²) in [5.74, 6) is 0.875. The zero-order valence-electron chi connectivity index (χ0n) is 19.2. The molecule has 1 N–H and O–H groups in total. The largest absolute Gasteiger partial charge is 0.326 e. The molecule has 0 spiro atoms. The van der Waals surface area contributed by atoms with Crippen molar-refractivity contribution in [3.05, 3.63) is 94.4 Å². The highest BCUT2D eigenvalue weighted by molar-refractivity contribution is 5.94. The van der Waals surface area contributed by atoms with Gasteiger partial charge in [-0.3, -0.25) is 9.59 Å². The van der Waals surface area contributed by atoms with Gasteiger partial charge < -0.3 is 9.88 Å². The highest BCUT2D eigenvalue weighted by Gasteiger charge is 2.18. The van der Waals surface area contributed by atoms with Crippen LogP contribution in [0.5, 0.6) is 0 Å². The van der Waals surface area contributed by atoms with E-state index >= 15 is 0 Å². The van der Waals surface area contributed by atoms with E-state index < -0.39 is 0 Å². The molecule has 7 heteroatoms. The molecule has 7 nitrogen and oxygen atoms in total. The number of carbonyl (C=O) groups excluding carboxylic acids is 1. The number of nitrogens with zero attached hydrogens (tertiary/aromatic N) is 4. The number of nitrogens with one attached hydrogen (secondary N) is 1. The summed E-state index contributed by atoms with van der Waals surface area (Å²) in [6, 6.07) is 23.4. The van der Waals surface area contributed by atoms with Gasteiger partial charge in [-0.15, -0.1) is 5.10 Å². The van der Waals surface area contributed by atoms with E-state index in [0.717, 1.165) is 27.7 Å². The zero-order chi connectivity index (χ0) is 23.7. The molecule has 0 unspecified atom stereocenters. The molecule has 0 aliphatic carbocycles. The fraction of sp³-hybridized carbons (Fsp3) is 0.185. The Morgan fingerprint density at radius 2 is 1.71 bits per heavy atom. The number of aryl methyl sites for hydroxylation is 1. The Bertz CT molecular complexity index is 1570. The van der Waals surface area contributed by atoms with Gasteiger partial charge in [-0.05, 0) is 43.2 Å². The van der Waals surface area contributed by atoms with Gasteiger partial charge in [0.1, 0.15) is 0 Å². The number of hydrogen-bond donors (Lipinski definition) is 1. The number of carbonyl (C=O) groups is 1. The van der Waals surface area contributed by atoms with Crippen molar-refractivity contribution in [3.8, 4) is 11.4 Å². The fourth-order valence-electron chi connectivity index (χ4n) is 4.32. The quantitative estimate of drug-likeness (QED) is 0.409. The standard InChI is InChI=1S/C27H25N5O2/c1-3-31-18(2)23(26(34)32-27(31)29-25(30-32)20-10-5-4-6-11-20)15-16-24(33)28-22-14-13-19-9-7-8-12-21(19)17-22/h4-14,17H,3,15-16H2,1-2H3,(H,28,33). The highest BCUT2D eigenvalue weighted by atomic mass is 16.1. The lowest BCUT2D eigenvalue weighted by Crippen LogP contribution is -2.27. The first-order valence-electron chi connectivity index (χ1n) is 11.4. The minimum absolute atomic E-state index is 0.138. The van der Waals surface area contributed by atoms with Crippen molar-refractivity contribution < 1.29 is 4.79 Å². The third kappa shape index (κ3) is 3.96. The van der Waals surface area contributed by atoms with E-state index in [4.69, 9.17) is 0 Å². The summed E-state index contributed by atoms with van der Waals surface area (Å²) in [6.07, 6.45) is 0.513. The molecule has 5 aromatic rings. The van der Waals surface area contributed by atoms with Crippen LogP contribution in [0.15, 0.2) is 77.6 Å². The molecule has 0 bridgehead atoms. The Morgan fingerprint density at radius 1 is 0.971 bits per heavy atom. The number of hydrogen-bond acceptors (Lipinski definition) is 4. The molecular formula is C27H25N5O2. The van der Waals surface area contributed by atoms with Crippen LogP contribution >= 0.6 is 0 Å². The number of amides is 1. The van der Waals surface area contributed by atoms with Gasteiger partial charge in [0.05, 0.1) is 0 Å². The first kappa shape index (κ1) is 21.6. The van der Waals surface area contributed by atoms with Gasteiger partial charge in [-0.1, -0.05) is 60.7 Å². The maximum atomic E-state index is 13.3. The molecule has 34 heavy (non-hydrogen) atoms. The molecular weight excluding hydrogens is 426 g/mol. The van der Waals surface area contributed by atoms with Gasteiger partial charge in [0.2, 0.25) is 11.7 Å². The van der Waals surface area contributed by atoms with Crippen LogP contribution in [0.1, 0.15) is 24.6 Å². The third-order valence-corrected chi connectivity index (χ3v) is 6.11. The van der Waals surface area contributed by atoms with Crippen LogP contribution in [0.2, 0.25) is 0 Å². The average molecular weight is 452 g/mol. The summed E-state index contributed by atoms with van der Waals surface area (Å²) in [4.78, 5) is 30.6. The molecule has 3 aromatic carbocycles. The normalized spacial score (nSPS) is 11.2. The van der Waals surface area contributed by atoms with Crippen molar-refractivity contribution in [1.82, 2.24) is 19.2 Å². The molecule has 5 rings (SSSR count). The Balaban J connectivity index is 1.41. The number of anilines is 1. The SMILES string of the molecule is CCn1c(C)c(CCC(=O)Nc2ccc3ccccc3c2)c(=O)n2nc(-c3ccccc3)nc12. The second-order valence-electron chi connectivity index (χ2n) is 8.24. The van der Waals surface area contributed by atoms with E-state index in [1.807, 2.05) is 91.2 Å². The van der Waals surface area contributed by atoms with Crippen molar-refractivity contribution in [3.63, 3.8) is 0 Å². The number of rotatable bonds is 6. The molecule has 2 aromatic heterocycles. The number of aromatic nitrogens is 4. The number of fused-ring (bicyclic) bond motifs is 2. The Kier molecular flexibility index (Phi) is 5.67. The van der Waals surface area contributed by atoms with Crippen LogP contribution in [-0.4, -0.2) is 25.1 Å².